The lowest BCUT2D eigenvalue weighted by Crippen LogP contribution is -2.16. The average Bonchev–Trinajstić information content (AvgIpc) is 2.17. The van der Waals surface area contributed by atoms with Gasteiger partial charge < -0.3 is 11.1 Å². The van der Waals surface area contributed by atoms with Crippen molar-refractivity contribution in [1.82, 2.24) is 9.97 Å². The molecule has 0 saturated heterocycles. The van der Waals surface area contributed by atoms with Gasteiger partial charge in [0.2, 0.25) is 0 Å². The molecule has 0 saturated carbocycles. The molecule has 0 aromatic carbocycles. The van der Waals surface area contributed by atoms with Crippen LogP contribution in [0.1, 0.15) is 13.3 Å². The predicted octanol–water partition coefficient (Wildman–Crippen LogP) is 1.64. The molecule has 1 atom stereocenters. The van der Waals surface area contributed by atoms with Gasteiger partial charge in [-0.25, -0.2) is 9.97 Å². The molecule has 0 radical (unpaired) electrons. The zero-order valence-electron chi connectivity index (χ0n) is 8.20. The number of anilines is 1. The molecule has 1 aromatic rings. The molecule has 14 heavy (non-hydrogen) atoms. The molecule has 78 valence electrons. The van der Waals surface area contributed by atoms with Crippen LogP contribution >= 0.6 is 15.9 Å². The van der Waals surface area contributed by atoms with E-state index in [0.717, 1.165) is 29.8 Å². The Labute approximate surface area is 92.5 Å². The molecule has 0 aliphatic heterocycles. The number of aromatic nitrogens is 2. The third-order valence-corrected chi connectivity index (χ3v) is 2.53. The van der Waals surface area contributed by atoms with Crippen molar-refractivity contribution in [1.29, 1.82) is 0 Å². The fourth-order valence-electron chi connectivity index (χ4n) is 1.10. The Morgan fingerprint density at radius 1 is 1.64 bits per heavy atom. The summed E-state index contributed by atoms with van der Waals surface area (Å²) in [6, 6.07) is 0. The second-order valence-electron chi connectivity index (χ2n) is 3.28. The fraction of sp³-hybridized carbons (Fsp3) is 0.556. The quantitative estimate of drug-likeness (QED) is 0.843. The van der Waals surface area contributed by atoms with Gasteiger partial charge in [0.1, 0.15) is 12.1 Å². The lowest BCUT2D eigenvalue weighted by Gasteiger charge is -2.12. The highest BCUT2D eigenvalue weighted by Crippen LogP contribution is 2.17. The topological polar surface area (TPSA) is 63.8 Å². The third kappa shape index (κ3) is 3.59. The highest BCUT2D eigenvalue weighted by atomic mass is 79.9. The van der Waals surface area contributed by atoms with Gasteiger partial charge >= 0.3 is 0 Å². The predicted molar refractivity (Wildman–Crippen MR) is 61.1 cm³/mol. The van der Waals surface area contributed by atoms with Crippen LogP contribution in [0.3, 0.4) is 0 Å². The average molecular weight is 259 g/mol. The van der Waals surface area contributed by atoms with Crippen LogP contribution in [0.4, 0.5) is 5.82 Å². The van der Waals surface area contributed by atoms with Crippen LogP contribution in [-0.2, 0) is 0 Å². The van der Waals surface area contributed by atoms with Gasteiger partial charge in [-0.2, -0.15) is 0 Å². The standard InChI is InChI=1S/C9H15BrN4/c1-7(2-3-11)4-13-9-8(10)5-12-6-14-9/h5-7H,2-4,11H2,1H3,(H,12,13,14). The summed E-state index contributed by atoms with van der Waals surface area (Å²) in [5.74, 6) is 1.39. The van der Waals surface area contributed by atoms with Crippen molar-refractivity contribution in [2.75, 3.05) is 18.4 Å². The van der Waals surface area contributed by atoms with E-state index in [1.54, 1.807) is 6.20 Å². The molecule has 4 nitrogen and oxygen atoms in total. The second-order valence-corrected chi connectivity index (χ2v) is 4.14. The minimum atomic E-state index is 0.557. The molecular weight excluding hydrogens is 244 g/mol. The maximum atomic E-state index is 5.47. The van der Waals surface area contributed by atoms with E-state index in [1.807, 2.05) is 0 Å². The van der Waals surface area contributed by atoms with Gasteiger partial charge in [0.05, 0.1) is 4.47 Å². The normalized spacial score (nSPS) is 12.5. The maximum Gasteiger partial charge on any atom is 0.143 e. The van der Waals surface area contributed by atoms with E-state index < -0.39 is 0 Å². The Morgan fingerprint density at radius 3 is 3.07 bits per heavy atom. The summed E-state index contributed by atoms with van der Waals surface area (Å²) in [5.41, 5.74) is 5.47. The molecule has 0 fully saturated rings. The molecule has 3 N–H and O–H groups in total. The van der Waals surface area contributed by atoms with Gasteiger partial charge in [0, 0.05) is 12.7 Å². The molecule has 5 heteroatoms. The largest absolute Gasteiger partial charge is 0.369 e. The van der Waals surface area contributed by atoms with Crippen molar-refractivity contribution in [3.8, 4) is 0 Å². The van der Waals surface area contributed by atoms with Crippen LogP contribution in [0.25, 0.3) is 0 Å². The lowest BCUT2D eigenvalue weighted by molar-refractivity contribution is 0.567. The fourth-order valence-corrected chi connectivity index (χ4v) is 1.46. The number of halogens is 1. The SMILES string of the molecule is CC(CCN)CNc1ncncc1Br. The molecule has 0 amide bonds. The molecule has 0 aliphatic carbocycles. The van der Waals surface area contributed by atoms with E-state index in [1.165, 1.54) is 6.33 Å². The Kier molecular flexibility index (Phi) is 4.82. The molecule has 1 heterocycles. The smallest absolute Gasteiger partial charge is 0.143 e. The first kappa shape index (κ1) is 11.4. The highest BCUT2D eigenvalue weighted by molar-refractivity contribution is 9.10. The first-order valence-corrected chi connectivity index (χ1v) is 5.42. The van der Waals surface area contributed by atoms with Gasteiger partial charge in [-0.15, -0.1) is 0 Å². The monoisotopic (exact) mass is 258 g/mol. The summed E-state index contributed by atoms with van der Waals surface area (Å²) in [6.45, 7) is 3.77. The number of hydrogen-bond acceptors (Lipinski definition) is 4. The van der Waals surface area contributed by atoms with E-state index in [4.69, 9.17) is 5.73 Å². The summed E-state index contributed by atoms with van der Waals surface area (Å²) in [7, 11) is 0. The summed E-state index contributed by atoms with van der Waals surface area (Å²) in [6.07, 6.45) is 4.28. The maximum absolute atomic E-state index is 5.47. The van der Waals surface area contributed by atoms with Crippen LogP contribution in [0.2, 0.25) is 0 Å². The van der Waals surface area contributed by atoms with E-state index in [2.05, 4.69) is 38.1 Å². The molecule has 1 unspecified atom stereocenters. The van der Waals surface area contributed by atoms with Crippen molar-refractivity contribution in [2.45, 2.75) is 13.3 Å². The Bertz CT molecular complexity index is 279. The summed E-state index contributed by atoms with van der Waals surface area (Å²) < 4.78 is 0.889. The van der Waals surface area contributed by atoms with E-state index >= 15 is 0 Å². The van der Waals surface area contributed by atoms with E-state index in [9.17, 15) is 0 Å². The summed E-state index contributed by atoms with van der Waals surface area (Å²) in [5, 5.41) is 3.24. The molecular formula is C9H15BrN4. The Hall–Kier alpha value is -0.680. The summed E-state index contributed by atoms with van der Waals surface area (Å²) in [4.78, 5) is 8.00. The van der Waals surface area contributed by atoms with Crippen LogP contribution < -0.4 is 11.1 Å². The van der Waals surface area contributed by atoms with Crippen LogP contribution in [0.15, 0.2) is 17.0 Å². The van der Waals surface area contributed by atoms with Crippen molar-refractivity contribution in [3.63, 3.8) is 0 Å². The van der Waals surface area contributed by atoms with Gasteiger partial charge in [-0.3, -0.25) is 0 Å². The number of nitrogens with two attached hydrogens (primary N) is 1. The van der Waals surface area contributed by atoms with Crippen molar-refractivity contribution in [2.24, 2.45) is 11.7 Å². The van der Waals surface area contributed by atoms with Crippen LogP contribution in [-0.4, -0.2) is 23.1 Å². The highest BCUT2D eigenvalue weighted by Gasteiger charge is 2.03. The number of nitrogens with one attached hydrogen (secondary N) is 1. The Morgan fingerprint density at radius 2 is 2.43 bits per heavy atom. The third-order valence-electron chi connectivity index (χ3n) is 1.95. The van der Waals surface area contributed by atoms with Crippen molar-refractivity contribution in [3.05, 3.63) is 17.0 Å². The molecule has 0 bridgehead atoms. The van der Waals surface area contributed by atoms with Gasteiger partial charge in [0.25, 0.3) is 0 Å². The van der Waals surface area contributed by atoms with Gasteiger partial charge in [0.15, 0.2) is 0 Å². The minimum absolute atomic E-state index is 0.557. The first-order chi connectivity index (χ1) is 6.74. The lowest BCUT2D eigenvalue weighted by atomic mass is 10.1. The number of rotatable bonds is 5. The number of hydrogen-bond donors (Lipinski definition) is 2. The zero-order chi connectivity index (χ0) is 10.4. The van der Waals surface area contributed by atoms with Crippen LogP contribution in [0.5, 0.6) is 0 Å². The van der Waals surface area contributed by atoms with Crippen molar-refractivity contribution >= 4 is 21.7 Å². The zero-order valence-corrected chi connectivity index (χ0v) is 9.79. The van der Waals surface area contributed by atoms with Gasteiger partial charge in [-0.1, -0.05) is 6.92 Å². The second kappa shape index (κ2) is 5.93. The van der Waals surface area contributed by atoms with Crippen molar-refractivity contribution < 1.29 is 0 Å². The molecule has 1 aromatic heterocycles. The molecule has 1 rings (SSSR count). The minimum Gasteiger partial charge on any atom is -0.369 e. The molecule has 0 aliphatic rings. The van der Waals surface area contributed by atoms with E-state index in [0.29, 0.717) is 5.92 Å². The molecule has 0 spiro atoms. The summed E-state index contributed by atoms with van der Waals surface area (Å²) >= 11 is 3.37. The first-order valence-electron chi connectivity index (χ1n) is 4.63. The Balaban J connectivity index is 2.41. The van der Waals surface area contributed by atoms with Gasteiger partial charge in [-0.05, 0) is 34.8 Å². The van der Waals surface area contributed by atoms with E-state index in [-0.39, 0.29) is 0 Å². The van der Waals surface area contributed by atoms with Crippen LogP contribution in [0, 0.1) is 5.92 Å². The number of nitrogens with zero attached hydrogens (tertiary/aromatic N) is 2.